The van der Waals surface area contributed by atoms with Crippen LogP contribution in [0.3, 0.4) is 0 Å². The van der Waals surface area contributed by atoms with Gasteiger partial charge >= 0.3 is 0 Å². The second-order valence-corrected chi connectivity index (χ2v) is 6.27. The van der Waals surface area contributed by atoms with Gasteiger partial charge < -0.3 is 9.64 Å². The molecule has 0 bridgehead atoms. The summed E-state index contributed by atoms with van der Waals surface area (Å²) >= 11 is 0. The molecule has 0 saturated carbocycles. The topological polar surface area (TPSA) is 55.3 Å². The summed E-state index contributed by atoms with van der Waals surface area (Å²) in [6.45, 7) is 3.54. The van der Waals surface area contributed by atoms with E-state index in [9.17, 15) is 4.79 Å². The van der Waals surface area contributed by atoms with Crippen LogP contribution in [0.5, 0.6) is 0 Å². The van der Waals surface area contributed by atoms with E-state index in [0.717, 1.165) is 0 Å². The first-order valence-corrected chi connectivity index (χ1v) is 8.38. The molecule has 0 spiro atoms. The van der Waals surface area contributed by atoms with Gasteiger partial charge in [0.05, 0.1) is 12.7 Å². The Kier molecular flexibility index (Phi) is 4.15. The number of aryl methyl sites for hydroxylation is 1. The number of likely N-dealkylation sites (tertiary alicyclic amines) is 1. The van der Waals surface area contributed by atoms with Gasteiger partial charge in [-0.25, -0.2) is 9.97 Å². The maximum Gasteiger partial charge on any atom is 0.272 e. The molecular formula is C20H19N3O2. The molecule has 5 nitrogen and oxygen atoms in total. The van der Waals surface area contributed by atoms with Gasteiger partial charge in [0.1, 0.15) is 11.5 Å². The number of carbonyl (C=O) groups excluding carboxylic acids is 1. The van der Waals surface area contributed by atoms with E-state index < -0.39 is 0 Å². The van der Waals surface area contributed by atoms with Crippen molar-refractivity contribution >= 4 is 16.7 Å². The Balaban J connectivity index is 1.35. The zero-order valence-electron chi connectivity index (χ0n) is 14.1. The summed E-state index contributed by atoms with van der Waals surface area (Å²) in [5, 5.41) is 2.43. The van der Waals surface area contributed by atoms with E-state index in [-0.39, 0.29) is 12.0 Å². The molecule has 4 rings (SSSR count). The lowest BCUT2D eigenvalue weighted by atomic mass is 10.1. The molecule has 1 fully saturated rings. The molecule has 1 aromatic heterocycles. The Morgan fingerprint density at radius 3 is 2.80 bits per heavy atom. The average molecular weight is 333 g/mol. The van der Waals surface area contributed by atoms with E-state index in [0.29, 0.717) is 31.2 Å². The minimum atomic E-state index is -0.0597. The summed E-state index contributed by atoms with van der Waals surface area (Å²) < 4.78 is 5.99. The quantitative estimate of drug-likeness (QED) is 0.736. The summed E-state index contributed by atoms with van der Waals surface area (Å²) in [5.41, 5.74) is 1.62. The Morgan fingerprint density at radius 2 is 1.96 bits per heavy atom. The Labute approximate surface area is 146 Å². The maximum atomic E-state index is 12.4. The molecule has 1 amide bonds. The van der Waals surface area contributed by atoms with E-state index in [2.05, 4.69) is 40.3 Å². The van der Waals surface area contributed by atoms with E-state index in [1.807, 2.05) is 12.1 Å². The van der Waals surface area contributed by atoms with Crippen LogP contribution in [0.4, 0.5) is 0 Å². The minimum absolute atomic E-state index is 0.0597. The van der Waals surface area contributed by atoms with Crippen molar-refractivity contribution < 1.29 is 9.53 Å². The first kappa shape index (κ1) is 15.7. The Bertz CT molecular complexity index is 914. The lowest BCUT2D eigenvalue weighted by Gasteiger charge is -2.38. The third kappa shape index (κ3) is 3.23. The molecule has 0 aliphatic carbocycles. The first-order chi connectivity index (χ1) is 12.2. The second kappa shape index (κ2) is 6.61. The Morgan fingerprint density at radius 1 is 1.16 bits per heavy atom. The number of rotatable bonds is 4. The van der Waals surface area contributed by atoms with Crippen molar-refractivity contribution in [3.8, 4) is 0 Å². The molecule has 0 N–H and O–H groups in total. The van der Waals surface area contributed by atoms with Crippen LogP contribution in [-0.4, -0.2) is 40.0 Å². The lowest BCUT2D eigenvalue weighted by Crippen LogP contribution is -2.54. The third-order valence-electron chi connectivity index (χ3n) is 4.48. The van der Waals surface area contributed by atoms with Crippen LogP contribution in [0.25, 0.3) is 10.8 Å². The van der Waals surface area contributed by atoms with Crippen molar-refractivity contribution in [1.29, 1.82) is 0 Å². The number of nitrogens with zero attached hydrogens (tertiary/aromatic N) is 3. The van der Waals surface area contributed by atoms with Gasteiger partial charge in [-0.3, -0.25) is 4.79 Å². The SMILES string of the molecule is Cc1nccc(C(=O)N2CC(OCc3cccc4ccccc34)C2)n1. The molecule has 5 heteroatoms. The van der Waals surface area contributed by atoms with Gasteiger partial charge in [0.25, 0.3) is 5.91 Å². The lowest BCUT2D eigenvalue weighted by molar-refractivity contribution is -0.0501. The maximum absolute atomic E-state index is 12.4. The fourth-order valence-electron chi connectivity index (χ4n) is 3.07. The van der Waals surface area contributed by atoms with Crippen molar-refractivity contribution in [3.63, 3.8) is 0 Å². The zero-order chi connectivity index (χ0) is 17.2. The monoisotopic (exact) mass is 333 g/mol. The molecule has 25 heavy (non-hydrogen) atoms. The van der Waals surface area contributed by atoms with Gasteiger partial charge in [-0.15, -0.1) is 0 Å². The highest BCUT2D eigenvalue weighted by Crippen LogP contribution is 2.21. The highest BCUT2D eigenvalue weighted by Gasteiger charge is 2.32. The fraction of sp³-hybridized carbons (Fsp3) is 0.250. The summed E-state index contributed by atoms with van der Waals surface area (Å²) in [6.07, 6.45) is 1.69. The van der Waals surface area contributed by atoms with E-state index in [1.54, 1.807) is 24.1 Å². The zero-order valence-corrected chi connectivity index (χ0v) is 14.1. The largest absolute Gasteiger partial charge is 0.370 e. The number of benzene rings is 2. The highest BCUT2D eigenvalue weighted by molar-refractivity contribution is 5.92. The number of hydrogen-bond donors (Lipinski definition) is 0. The molecule has 3 aromatic rings. The summed E-state index contributed by atoms with van der Waals surface area (Å²) in [7, 11) is 0. The number of amides is 1. The average Bonchev–Trinajstić information content (AvgIpc) is 2.60. The number of hydrogen-bond acceptors (Lipinski definition) is 4. The van der Waals surface area contributed by atoms with Crippen LogP contribution in [0.2, 0.25) is 0 Å². The predicted molar refractivity (Wildman–Crippen MR) is 95.2 cm³/mol. The van der Waals surface area contributed by atoms with Crippen LogP contribution in [0.15, 0.2) is 54.7 Å². The molecule has 1 aliphatic heterocycles. The molecule has 0 unspecified atom stereocenters. The standard InChI is InChI=1S/C20H19N3O2/c1-14-21-10-9-19(22-14)20(24)23-11-17(12-23)25-13-16-7-4-6-15-5-2-3-8-18(15)16/h2-10,17H,11-13H2,1H3. The van der Waals surface area contributed by atoms with Crippen molar-refractivity contribution in [1.82, 2.24) is 14.9 Å². The molecule has 2 aromatic carbocycles. The number of ether oxygens (including phenoxy) is 1. The molecule has 0 atom stereocenters. The number of fused-ring (bicyclic) bond motifs is 1. The van der Waals surface area contributed by atoms with Crippen molar-refractivity contribution in [2.45, 2.75) is 19.6 Å². The van der Waals surface area contributed by atoms with Gasteiger partial charge in [-0.2, -0.15) is 0 Å². The Hall–Kier alpha value is -2.79. The van der Waals surface area contributed by atoms with Gasteiger partial charge in [-0.05, 0) is 29.3 Å². The van der Waals surface area contributed by atoms with Crippen molar-refractivity contribution in [2.24, 2.45) is 0 Å². The first-order valence-electron chi connectivity index (χ1n) is 8.38. The third-order valence-corrected chi connectivity index (χ3v) is 4.48. The number of aromatic nitrogens is 2. The second-order valence-electron chi connectivity index (χ2n) is 6.27. The molecule has 126 valence electrons. The summed E-state index contributed by atoms with van der Waals surface area (Å²) in [5.74, 6) is 0.547. The smallest absolute Gasteiger partial charge is 0.272 e. The van der Waals surface area contributed by atoms with Crippen LogP contribution in [0.1, 0.15) is 21.9 Å². The van der Waals surface area contributed by atoms with Crippen LogP contribution in [-0.2, 0) is 11.3 Å². The summed E-state index contributed by atoms with van der Waals surface area (Å²) in [6, 6.07) is 16.2. The van der Waals surface area contributed by atoms with Crippen LogP contribution >= 0.6 is 0 Å². The highest BCUT2D eigenvalue weighted by atomic mass is 16.5. The van der Waals surface area contributed by atoms with E-state index in [1.165, 1.54) is 16.3 Å². The normalized spacial score (nSPS) is 14.5. The summed E-state index contributed by atoms with van der Waals surface area (Å²) in [4.78, 5) is 22.3. The molecular weight excluding hydrogens is 314 g/mol. The predicted octanol–water partition coefficient (Wildman–Crippen LogP) is 2.98. The van der Waals surface area contributed by atoms with Crippen molar-refractivity contribution in [3.05, 3.63) is 71.8 Å². The molecule has 2 heterocycles. The van der Waals surface area contributed by atoms with E-state index >= 15 is 0 Å². The molecule has 1 saturated heterocycles. The van der Waals surface area contributed by atoms with Crippen LogP contribution < -0.4 is 0 Å². The van der Waals surface area contributed by atoms with Crippen LogP contribution in [0, 0.1) is 6.92 Å². The molecule has 0 radical (unpaired) electrons. The fourth-order valence-corrected chi connectivity index (χ4v) is 3.07. The minimum Gasteiger partial charge on any atom is -0.370 e. The van der Waals surface area contributed by atoms with Crippen molar-refractivity contribution in [2.75, 3.05) is 13.1 Å². The van der Waals surface area contributed by atoms with Gasteiger partial charge in [0.15, 0.2) is 0 Å². The van der Waals surface area contributed by atoms with E-state index in [4.69, 9.17) is 4.74 Å². The molecule has 1 aliphatic rings. The van der Waals surface area contributed by atoms with Gasteiger partial charge in [0.2, 0.25) is 0 Å². The van der Waals surface area contributed by atoms with Gasteiger partial charge in [-0.1, -0.05) is 42.5 Å². The number of carbonyl (C=O) groups is 1. The van der Waals surface area contributed by atoms with Gasteiger partial charge in [0, 0.05) is 19.3 Å².